The van der Waals surface area contributed by atoms with Gasteiger partial charge in [-0.1, -0.05) is 47.1 Å². The normalized spacial score (nSPS) is 12.8. The number of nitrogens with one attached hydrogen (secondary N) is 1. The lowest BCUT2D eigenvalue weighted by Gasteiger charge is -2.29. The molecular weight excluding hydrogens is 354 g/mol. The molecule has 1 aromatic heterocycles. The van der Waals surface area contributed by atoms with Crippen molar-refractivity contribution in [3.05, 3.63) is 34.2 Å². The Labute approximate surface area is 170 Å². The predicted molar refractivity (Wildman–Crippen MR) is 120 cm³/mol. The van der Waals surface area contributed by atoms with Crippen LogP contribution in [0.1, 0.15) is 53.2 Å². The van der Waals surface area contributed by atoms with Crippen LogP contribution in [-0.4, -0.2) is 50.2 Å². The Morgan fingerprint density at radius 1 is 1.14 bits per heavy atom. The van der Waals surface area contributed by atoms with Gasteiger partial charge < -0.3 is 14.4 Å². The van der Waals surface area contributed by atoms with E-state index >= 15 is 0 Å². The van der Waals surface area contributed by atoms with Crippen LogP contribution >= 0.6 is 0 Å². The van der Waals surface area contributed by atoms with E-state index in [2.05, 4.69) is 22.0 Å². The Balaban J connectivity index is 0.000000622. The Kier molecular flexibility index (Phi) is 15.0. The Morgan fingerprint density at radius 2 is 1.79 bits per heavy atom. The van der Waals surface area contributed by atoms with Gasteiger partial charge in [-0.15, -0.1) is 0 Å². The van der Waals surface area contributed by atoms with Crippen LogP contribution in [0.3, 0.4) is 0 Å². The first-order valence-corrected chi connectivity index (χ1v) is 10.5. The van der Waals surface area contributed by atoms with Gasteiger partial charge >= 0.3 is 0 Å². The van der Waals surface area contributed by atoms with E-state index in [0.29, 0.717) is 5.39 Å². The molecule has 0 unspecified atom stereocenters. The molecule has 0 saturated carbocycles. The lowest BCUT2D eigenvalue weighted by molar-refractivity contribution is 0.122. The number of H-pyrrole nitrogens is 1. The van der Waals surface area contributed by atoms with E-state index in [1.54, 1.807) is 7.11 Å². The van der Waals surface area contributed by atoms with Crippen LogP contribution in [0.5, 0.6) is 0 Å². The van der Waals surface area contributed by atoms with Gasteiger partial charge in [-0.25, -0.2) is 5.10 Å². The zero-order valence-corrected chi connectivity index (χ0v) is 18.8. The standard InChI is InChI=1S/C13H15N3O2.C5H12O.2C2H6/c1-9-11-3-2-10(16-4-6-18-7-5-16)8-12(11)13(17)15-14-9;1-3-4-5-6-2;2*1-2/h2-3,8H,4-7H2,1H3,(H,15,17);3-5H2,1-2H3;2*1-2H3. The SMILES string of the molecule is CC.CC.CCCCOC.Cc1n[nH]c(=O)c2cc(N3CCOCC3)ccc12. The Morgan fingerprint density at radius 3 is 2.32 bits per heavy atom. The third-order valence-electron chi connectivity index (χ3n) is 4.04. The molecule has 3 rings (SSSR count). The van der Waals surface area contributed by atoms with Gasteiger partial charge in [0.15, 0.2) is 0 Å². The van der Waals surface area contributed by atoms with Gasteiger partial charge in [-0.3, -0.25) is 4.79 Å². The van der Waals surface area contributed by atoms with Crippen molar-refractivity contribution in [3.8, 4) is 0 Å². The van der Waals surface area contributed by atoms with E-state index in [1.165, 1.54) is 12.8 Å². The van der Waals surface area contributed by atoms with Crippen LogP contribution < -0.4 is 10.5 Å². The molecule has 1 aliphatic rings. The monoisotopic (exact) mass is 393 g/mol. The number of nitrogens with zero attached hydrogens (tertiary/aromatic N) is 2. The molecule has 0 atom stereocenters. The molecule has 6 nitrogen and oxygen atoms in total. The van der Waals surface area contributed by atoms with Gasteiger partial charge in [0, 0.05) is 37.9 Å². The number of fused-ring (bicyclic) bond motifs is 1. The number of rotatable bonds is 4. The van der Waals surface area contributed by atoms with Gasteiger partial charge in [0.2, 0.25) is 0 Å². The highest BCUT2D eigenvalue weighted by molar-refractivity contribution is 5.86. The number of hydrogen-bond donors (Lipinski definition) is 1. The van der Waals surface area contributed by atoms with Crippen LogP contribution in [0.4, 0.5) is 5.69 Å². The molecular formula is C22H39N3O3. The first-order chi connectivity index (χ1) is 13.7. The molecule has 1 N–H and O–H groups in total. The topological polar surface area (TPSA) is 67.5 Å². The molecule has 0 amide bonds. The van der Waals surface area contributed by atoms with Crippen LogP contribution in [0.15, 0.2) is 23.0 Å². The minimum atomic E-state index is -0.134. The maximum absolute atomic E-state index is 11.8. The maximum Gasteiger partial charge on any atom is 0.272 e. The molecule has 0 aliphatic carbocycles. The maximum atomic E-state index is 11.8. The van der Waals surface area contributed by atoms with Crippen LogP contribution in [0.25, 0.3) is 10.8 Å². The molecule has 2 aromatic rings. The second kappa shape index (κ2) is 16.1. The zero-order valence-electron chi connectivity index (χ0n) is 18.8. The van der Waals surface area contributed by atoms with Crippen molar-refractivity contribution >= 4 is 16.5 Å². The first kappa shape index (κ1) is 26.1. The van der Waals surface area contributed by atoms with Crippen molar-refractivity contribution in [1.82, 2.24) is 10.2 Å². The quantitative estimate of drug-likeness (QED) is 0.772. The molecule has 2 heterocycles. The van der Waals surface area contributed by atoms with E-state index in [-0.39, 0.29) is 5.56 Å². The molecule has 28 heavy (non-hydrogen) atoms. The van der Waals surface area contributed by atoms with Crippen molar-refractivity contribution in [2.45, 2.75) is 54.4 Å². The smallest absolute Gasteiger partial charge is 0.272 e. The number of aromatic amines is 1. The van der Waals surface area contributed by atoms with Crippen LogP contribution in [-0.2, 0) is 9.47 Å². The van der Waals surface area contributed by atoms with E-state index in [9.17, 15) is 4.79 Å². The van der Waals surface area contributed by atoms with Crippen LogP contribution in [0.2, 0.25) is 0 Å². The minimum Gasteiger partial charge on any atom is -0.385 e. The van der Waals surface area contributed by atoms with E-state index < -0.39 is 0 Å². The van der Waals surface area contributed by atoms with Gasteiger partial charge in [-0.05, 0) is 25.5 Å². The summed E-state index contributed by atoms with van der Waals surface area (Å²) in [6.45, 7) is 16.2. The van der Waals surface area contributed by atoms with E-state index in [0.717, 1.165) is 49.7 Å². The minimum absolute atomic E-state index is 0.134. The number of morpholine rings is 1. The molecule has 6 heteroatoms. The summed E-state index contributed by atoms with van der Waals surface area (Å²) in [4.78, 5) is 14.0. The first-order valence-electron chi connectivity index (χ1n) is 10.5. The largest absolute Gasteiger partial charge is 0.385 e. The third kappa shape index (κ3) is 8.40. The highest BCUT2D eigenvalue weighted by Crippen LogP contribution is 2.21. The highest BCUT2D eigenvalue weighted by atomic mass is 16.5. The summed E-state index contributed by atoms with van der Waals surface area (Å²) in [5, 5.41) is 8.12. The zero-order chi connectivity index (χ0) is 21.4. The number of ether oxygens (including phenoxy) is 2. The van der Waals surface area contributed by atoms with Gasteiger partial charge in [0.25, 0.3) is 5.56 Å². The molecule has 1 saturated heterocycles. The number of benzene rings is 1. The van der Waals surface area contributed by atoms with Crippen molar-refractivity contribution in [3.63, 3.8) is 0 Å². The summed E-state index contributed by atoms with van der Waals surface area (Å²) in [5.41, 5.74) is 1.78. The second-order valence-electron chi connectivity index (χ2n) is 5.81. The molecule has 0 spiro atoms. The van der Waals surface area contributed by atoms with Gasteiger partial charge in [-0.2, -0.15) is 5.10 Å². The average Bonchev–Trinajstić information content (AvgIpc) is 2.78. The fourth-order valence-corrected chi connectivity index (χ4v) is 2.60. The molecule has 0 radical (unpaired) electrons. The van der Waals surface area contributed by atoms with Gasteiger partial charge in [0.05, 0.1) is 24.3 Å². The highest BCUT2D eigenvalue weighted by Gasteiger charge is 2.12. The number of hydrogen-bond acceptors (Lipinski definition) is 5. The molecule has 0 bridgehead atoms. The van der Waals surface area contributed by atoms with Crippen molar-refractivity contribution < 1.29 is 9.47 Å². The van der Waals surface area contributed by atoms with Crippen molar-refractivity contribution in [2.24, 2.45) is 0 Å². The summed E-state index contributed by atoms with van der Waals surface area (Å²) in [7, 11) is 1.73. The van der Waals surface area contributed by atoms with Crippen LogP contribution in [0, 0.1) is 6.92 Å². The Hall–Kier alpha value is -1.92. The fraction of sp³-hybridized carbons (Fsp3) is 0.636. The number of unbranched alkanes of at least 4 members (excludes halogenated alkanes) is 1. The third-order valence-corrected chi connectivity index (χ3v) is 4.04. The molecule has 1 aliphatic heterocycles. The Bertz CT molecular complexity index is 691. The molecule has 160 valence electrons. The summed E-state index contributed by atoms with van der Waals surface area (Å²) < 4.78 is 10.1. The van der Waals surface area contributed by atoms with E-state index in [1.807, 2.05) is 52.8 Å². The second-order valence-corrected chi connectivity index (χ2v) is 5.81. The van der Waals surface area contributed by atoms with E-state index in [4.69, 9.17) is 9.47 Å². The predicted octanol–water partition coefficient (Wildman–Crippen LogP) is 4.55. The number of aryl methyl sites for hydroxylation is 1. The van der Waals surface area contributed by atoms with Crippen molar-refractivity contribution in [2.75, 3.05) is 44.9 Å². The molecule has 1 fully saturated rings. The fourth-order valence-electron chi connectivity index (χ4n) is 2.60. The summed E-state index contributed by atoms with van der Waals surface area (Å²) in [6, 6.07) is 5.95. The van der Waals surface area contributed by atoms with Gasteiger partial charge in [0.1, 0.15) is 0 Å². The number of anilines is 1. The summed E-state index contributed by atoms with van der Waals surface area (Å²) >= 11 is 0. The van der Waals surface area contributed by atoms with Crippen molar-refractivity contribution in [1.29, 1.82) is 0 Å². The lowest BCUT2D eigenvalue weighted by Crippen LogP contribution is -2.36. The lowest BCUT2D eigenvalue weighted by atomic mass is 10.1. The molecule has 1 aromatic carbocycles. The number of methoxy groups -OCH3 is 1. The average molecular weight is 394 g/mol. The summed E-state index contributed by atoms with van der Waals surface area (Å²) in [5.74, 6) is 0. The summed E-state index contributed by atoms with van der Waals surface area (Å²) in [6.07, 6.45) is 2.42. The number of aromatic nitrogens is 2.